The molecule has 5 N–H and O–H groups in total. The lowest BCUT2D eigenvalue weighted by atomic mass is 9.85. The van der Waals surface area contributed by atoms with Crippen LogP contribution in [0.2, 0.25) is 0 Å². The number of nitrogens with zero attached hydrogens (tertiary/aromatic N) is 2. The Morgan fingerprint density at radius 2 is 1.89 bits per heavy atom. The lowest BCUT2D eigenvalue weighted by Crippen LogP contribution is -2.36. The Hall–Kier alpha value is -1.93. The van der Waals surface area contributed by atoms with E-state index in [9.17, 15) is 9.90 Å². The van der Waals surface area contributed by atoms with Gasteiger partial charge in [-0.2, -0.15) is 4.98 Å². The fourth-order valence-electron chi connectivity index (χ4n) is 3.99. The molecule has 2 aliphatic rings. The molecule has 8 heteroatoms. The summed E-state index contributed by atoms with van der Waals surface area (Å²) in [5, 5.41) is 16.8. The Balaban J connectivity index is 1.68. The molecule has 2 fully saturated rings. The maximum absolute atomic E-state index is 11.8. The van der Waals surface area contributed by atoms with Crippen LogP contribution in [0.5, 0.6) is 0 Å². The van der Waals surface area contributed by atoms with E-state index in [-0.39, 0.29) is 17.7 Å². The van der Waals surface area contributed by atoms with Crippen LogP contribution in [-0.2, 0) is 4.74 Å². The first-order valence-corrected chi connectivity index (χ1v) is 9.87. The van der Waals surface area contributed by atoms with Crippen LogP contribution >= 0.6 is 0 Å². The predicted molar refractivity (Wildman–Crippen MR) is 104 cm³/mol. The molecular formula is C19H31N5O3. The maximum Gasteiger partial charge on any atom is 0.254 e. The number of ether oxygens (including phenoxy) is 1. The van der Waals surface area contributed by atoms with Gasteiger partial charge in [-0.3, -0.25) is 4.79 Å². The van der Waals surface area contributed by atoms with E-state index in [0.717, 1.165) is 38.5 Å². The molecule has 1 heterocycles. The summed E-state index contributed by atoms with van der Waals surface area (Å²) in [5.74, 6) is 0.670. The van der Waals surface area contributed by atoms with Crippen molar-refractivity contribution in [1.82, 2.24) is 9.97 Å². The summed E-state index contributed by atoms with van der Waals surface area (Å²) in [6.07, 6.45) is 7.96. The number of hydrogen-bond donors (Lipinski definition) is 4. The van der Waals surface area contributed by atoms with E-state index >= 15 is 0 Å². The molecule has 0 spiro atoms. The van der Waals surface area contributed by atoms with E-state index < -0.39 is 5.91 Å². The average Bonchev–Trinajstić information content (AvgIpc) is 2.65. The van der Waals surface area contributed by atoms with Crippen molar-refractivity contribution in [2.75, 3.05) is 17.7 Å². The number of anilines is 2. The van der Waals surface area contributed by atoms with Crippen molar-refractivity contribution in [3.8, 4) is 0 Å². The third-order valence-corrected chi connectivity index (χ3v) is 5.89. The van der Waals surface area contributed by atoms with Crippen molar-refractivity contribution in [1.29, 1.82) is 0 Å². The molecule has 1 unspecified atom stereocenters. The number of aliphatic hydroxyl groups is 1. The summed E-state index contributed by atoms with van der Waals surface area (Å²) in [5.41, 5.74) is 5.77. The molecule has 0 bridgehead atoms. The second-order valence-corrected chi connectivity index (χ2v) is 7.87. The fourth-order valence-corrected chi connectivity index (χ4v) is 3.99. The van der Waals surface area contributed by atoms with Gasteiger partial charge < -0.3 is 26.2 Å². The highest BCUT2D eigenvalue weighted by Crippen LogP contribution is 2.28. The van der Waals surface area contributed by atoms with Crippen molar-refractivity contribution >= 4 is 17.7 Å². The lowest BCUT2D eigenvalue weighted by Gasteiger charge is -2.32. The molecule has 2 saturated carbocycles. The molecule has 150 valence electrons. The number of carbonyl (C=O) groups excluding carboxylic acids is 1. The van der Waals surface area contributed by atoms with Gasteiger partial charge >= 0.3 is 0 Å². The number of rotatable bonds is 6. The van der Waals surface area contributed by atoms with Gasteiger partial charge in [0.05, 0.1) is 17.8 Å². The number of nitrogens with two attached hydrogens (primary N) is 1. The third kappa shape index (κ3) is 5.07. The summed E-state index contributed by atoms with van der Waals surface area (Å²) >= 11 is 0. The first kappa shape index (κ1) is 19.8. The van der Waals surface area contributed by atoms with E-state index in [1.54, 1.807) is 7.11 Å². The zero-order chi connectivity index (χ0) is 19.4. The molecule has 1 aromatic heterocycles. The van der Waals surface area contributed by atoms with Crippen LogP contribution < -0.4 is 16.4 Å². The largest absolute Gasteiger partial charge is 0.393 e. The van der Waals surface area contributed by atoms with Gasteiger partial charge in [-0.05, 0) is 50.9 Å². The summed E-state index contributed by atoms with van der Waals surface area (Å²) in [6, 6.07) is 0.357. The van der Waals surface area contributed by atoms with E-state index in [4.69, 9.17) is 10.5 Å². The molecule has 0 radical (unpaired) electrons. The van der Waals surface area contributed by atoms with Crippen LogP contribution in [0.3, 0.4) is 0 Å². The highest BCUT2D eigenvalue weighted by molar-refractivity contribution is 5.97. The van der Waals surface area contributed by atoms with Crippen molar-refractivity contribution in [3.05, 3.63) is 11.8 Å². The van der Waals surface area contributed by atoms with Crippen molar-refractivity contribution in [2.45, 2.75) is 76.2 Å². The standard InChI is InChI=1S/C19H31N5O3/c1-11-3-4-13(9-16(11)25)22-18-15(17(20)26)10-21-19(24-18)23-12-5-7-14(27-2)8-6-12/h10-14,16,25H,3-9H2,1-2H3,(H2,20,26)(H2,21,22,23,24)/t11-,12-,13?,14-,16-/m1/s1. The summed E-state index contributed by atoms with van der Waals surface area (Å²) in [4.78, 5) is 20.6. The Bertz CT molecular complexity index is 648. The van der Waals surface area contributed by atoms with E-state index in [0.29, 0.717) is 36.3 Å². The number of hydrogen-bond acceptors (Lipinski definition) is 7. The maximum atomic E-state index is 11.8. The first-order valence-electron chi connectivity index (χ1n) is 9.87. The van der Waals surface area contributed by atoms with Crippen molar-refractivity contribution in [2.24, 2.45) is 11.7 Å². The normalized spacial score (nSPS) is 31.3. The van der Waals surface area contributed by atoms with Crippen molar-refractivity contribution < 1.29 is 14.6 Å². The summed E-state index contributed by atoms with van der Waals surface area (Å²) < 4.78 is 5.41. The SMILES string of the molecule is CO[C@H]1CC[C@H](Nc2ncc(C(N)=O)c(NC3CC[C@@H](C)[C@H](O)C3)n2)CC1. The monoisotopic (exact) mass is 377 g/mol. The number of primary amides is 1. The Labute approximate surface area is 160 Å². The first-order chi connectivity index (χ1) is 13.0. The minimum absolute atomic E-state index is 0.0641. The second-order valence-electron chi connectivity index (χ2n) is 7.87. The van der Waals surface area contributed by atoms with Gasteiger partial charge in [0, 0.05) is 25.4 Å². The fraction of sp³-hybridized carbons (Fsp3) is 0.737. The quantitative estimate of drug-likeness (QED) is 0.597. The molecular weight excluding hydrogens is 346 g/mol. The number of carbonyl (C=O) groups is 1. The average molecular weight is 377 g/mol. The molecule has 0 aromatic carbocycles. The minimum atomic E-state index is -0.561. The molecule has 2 aliphatic carbocycles. The van der Waals surface area contributed by atoms with E-state index in [1.165, 1.54) is 6.20 Å². The topological polar surface area (TPSA) is 122 Å². The Kier molecular flexibility index (Phi) is 6.49. The highest BCUT2D eigenvalue weighted by atomic mass is 16.5. The number of methoxy groups -OCH3 is 1. The van der Waals surface area contributed by atoms with Crippen LogP contribution in [0.15, 0.2) is 6.20 Å². The van der Waals surface area contributed by atoms with Gasteiger partial charge in [-0.25, -0.2) is 4.98 Å². The highest BCUT2D eigenvalue weighted by Gasteiger charge is 2.27. The lowest BCUT2D eigenvalue weighted by molar-refractivity contribution is 0.0681. The van der Waals surface area contributed by atoms with E-state index in [2.05, 4.69) is 27.5 Å². The molecule has 3 atom stereocenters. The van der Waals surface area contributed by atoms with Gasteiger partial charge in [0.1, 0.15) is 5.82 Å². The molecule has 3 rings (SSSR count). The predicted octanol–water partition coefficient (Wildman–Crippen LogP) is 1.91. The summed E-state index contributed by atoms with van der Waals surface area (Å²) in [6.45, 7) is 2.06. The third-order valence-electron chi connectivity index (χ3n) is 5.89. The number of nitrogens with one attached hydrogen (secondary N) is 2. The zero-order valence-corrected chi connectivity index (χ0v) is 16.1. The van der Waals surface area contributed by atoms with Gasteiger partial charge in [0.2, 0.25) is 5.95 Å². The number of aromatic nitrogens is 2. The molecule has 8 nitrogen and oxygen atoms in total. The van der Waals surface area contributed by atoms with E-state index in [1.807, 2.05) is 0 Å². The number of amides is 1. The van der Waals surface area contributed by atoms with Gasteiger partial charge in [0.15, 0.2) is 0 Å². The Morgan fingerprint density at radius 3 is 2.52 bits per heavy atom. The minimum Gasteiger partial charge on any atom is -0.393 e. The van der Waals surface area contributed by atoms with Crippen LogP contribution in [0.1, 0.15) is 62.2 Å². The molecule has 27 heavy (non-hydrogen) atoms. The molecule has 0 aliphatic heterocycles. The van der Waals surface area contributed by atoms with Crippen LogP contribution in [0.25, 0.3) is 0 Å². The summed E-state index contributed by atoms with van der Waals surface area (Å²) in [7, 11) is 1.75. The van der Waals surface area contributed by atoms with Crippen molar-refractivity contribution in [3.63, 3.8) is 0 Å². The second kappa shape index (κ2) is 8.84. The smallest absolute Gasteiger partial charge is 0.254 e. The van der Waals surface area contributed by atoms with Gasteiger partial charge in [0.25, 0.3) is 5.91 Å². The van der Waals surface area contributed by atoms with Crippen LogP contribution in [-0.4, -0.2) is 52.4 Å². The van der Waals surface area contributed by atoms with Crippen LogP contribution in [0, 0.1) is 5.92 Å². The molecule has 1 amide bonds. The zero-order valence-electron chi connectivity index (χ0n) is 16.1. The molecule has 1 aromatic rings. The Morgan fingerprint density at radius 1 is 1.19 bits per heavy atom. The van der Waals surface area contributed by atoms with Gasteiger partial charge in [-0.15, -0.1) is 0 Å². The number of aliphatic hydroxyl groups excluding tert-OH is 1. The van der Waals surface area contributed by atoms with Crippen LogP contribution in [0.4, 0.5) is 11.8 Å². The van der Waals surface area contributed by atoms with Gasteiger partial charge in [-0.1, -0.05) is 6.92 Å². The molecule has 0 saturated heterocycles.